The van der Waals surface area contributed by atoms with Gasteiger partial charge in [0.25, 0.3) is 0 Å². The van der Waals surface area contributed by atoms with Gasteiger partial charge in [-0.2, -0.15) is 13.2 Å². The molecule has 2 aromatic rings. The van der Waals surface area contributed by atoms with E-state index in [-0.39, 0.29) is 5.75 Å². The maximum Gasteiger partial charge on any atom is 0.416 e. The molecule has 0 amide bonds. The Morgan fingerprint density at radius 3 is 2.17 bits per heavy atom. The minimum Gasteiger partial charge on any atom is -0.457 e. The monoisotopic (exact) mass is 252 g/mol. The third-order valence-electron chi connectivity index (χ3n) is 2.36. The predicted molar refractivity (Wildman–Crippen MR) is 62.7 cm³/mol. The lowest BCUT2D eigenvalue weighted by Gasteiger charge is -2.11. The number of ether oxygens (including phenoxy) is 1. The van der Waals surface area contributed by atoms with Gasteiger partial charge in [-0.3, -0.25) is 0 Å². The molecular weight excluding hydrogens is 241 g/mol. The van der Waals surface area contributed by atoms with Gasteiger partial charge >= 0.3 is 6.18 Å². The molecule has 2 aromatic carbocycles. The molecule has 2 rings (SSSR count). The smallest absolute Gasteiger partial charge is 0.416 e. The highest BCUT2D eigenvalue weighted by molar-refractivity contribution is 5.38. The largest absolute Gasteiger partial charge is 0.457 e. The van der Waals surface area contributed by atoms with Gasteiger partial charge < -0.3 is 4.74 Å². The number of halogens is 3. The standard InChI is InChI=1S/C14H11F3O/c1-10-7-11(14(15,16)17)9-13(8-10)18-12-5-3-2-4-6-12/h2-9H,1H3. The van der Waals surface area contributed by atoms with Crippen molar-refractivity contribution >= 4 is 0 Å². The van der Waals surface area contributed by atoms with Crippen molar-refractivity contribution in [3.05, 3.63) is 59.7 Å². The molecule has 0 saturated heterocycles. The van der Waals surface area contributed by atoms with Crippen molar-refractivity contribution in [3.63, 3.8) is 0 Å². The molecular formula is C14H11F3O. The minimum absolute atomic E-state index is 0.188. The van der Waals surface area contributed by atoms with E-state index in [1.54, 1.807) is 37.3 Å². The van der Waals surface area contributed by atoms with Crippen LogP contribution < -0.4 is 4.74 Å². The van der Waals surface area contributed by atoms with Crippen LogP contribution >= 0.6 is 0 Å². The molecule has 0 N–H and O–H groups in total. The average Bonchev–Trinajstić information content (AvgIpc) is 2.28. The van der Waals surface area contributed by atoms with Gasteiger partial charge in [-0.05, 0) is 42.8 Å². The second-order valence-electron chi connectivity index (χ2n) is 3.95. The van der Waals surface area contributed by atoms with Crippen molar-refractivity contribution in [3.8, 4) is 11.5 Å². The summed E-state index contributed by atoms with van der Waals surface area (Å²) >= 11 is 0. The summed E-state index contributed by atoms with van der Waals surface area (Å²) in [5, 5.41) is 0. The van der Waals surface area contributed by atoms with E-state index in [9.17, 15) is 13.2 Å². The highest BCUT2D eigenvalue weighted by Gasteiger charge is 2.31. The van der Waals surface area contributed by atoms with Crippen molar-refractivity contribution in [1.82, 2.24) is 0 Å². The fourth-order valence-electron chi connectivity index (χ4n) is 1.60. The SMILES string of the molecule is Cc1cc(Oc2ccccc2)cc(C(F)(F)F)c1. The van der Waals surface area contributed by atoms with Crippen LogP contribution in [-0.4, -0.2) is 0 Å². The van der Waals surface area contributed by atoms with Gasteiger partial charge in [0.1, 0.15) is 11.5 Å². The first-order valence-electron chi connectivity index (χ1n) is 5.37. The molecule has 0 fully saturated rings. The molecule has 0 saturated carbocycles. The van der Waals surface area contributed by atoms with Crippen molar-refractivity contribution in [2.45, 2.75) is 13.1 Å². The number of aryl methyl sites for hydroxylation is 1. The van der Waals surface area contributed by atoms with Crippen LogP contribution in [0.25, 0.3) is 0 Å². The first kappa shape index (κ1) is 12.5. The maximum absolute atomic E-state index is 12.6. The van der Waals surface area contributed by atoms with Gasteiger partial charge in [0.05, 0.1) is 5.56 Å². The first-order chi connectivity index (χ1) is 8.45. The molecule has 0 aliphatic rings. The van der Waals surface area contributed by atoms with E-state index < -0.39 is 11.7 Å². The fraction of sp³-hybridized carbons (Fsp3) is 0.143. The average molecular weight is 252 g/mol. The van der Waals surface area contributed by atoms with Gasteiger partial charge in [-0.25, -0.2) is 0 Å². The van der Waals surface area contributed by atoms with E-state index in [1.807, 2.05) is 6.07 Å². The molecule has 94 valence electrons. The highest BCUT2D eigenvalue weighted by Crippen LogP contribution is 2.33. The Morgan fingerprint density at radius 1 is 0.889 bits per heavy atom. The van der Waals surface area contributed by atoms with Gasteiger partial charge in [-0.15, -0.1) is 0 Å². The molecule has 18 heavy (non-hydrogen) atoms. The molecule has 4 heteroatoms. The molecule has 0 aromatic heterocycles. The first-order valence-corrected chi connectivity index (χ1v) is 5.37. The van der Waals surface area contributed by atoms with Crippen molar-refractivity contribution in [2.24, 2.45) is 0 Å². The van der Waals surface area contributed by atoms with Crippen molar-refractivity contribution in [2.75, 3.05) is 0 Å². The molecule has 0 radical (unpaired) electrons. The number of alkyl halides is 3. The number of rotatable bonds is 2. The van der Waals surface area contributed by atoms with Crippen LogP contribution in [0.2, 0.25) is 0 Å². The number of hydrogen-bond acceptors (Lipinski definition) is 1. The normalized spacial score (nSPS) is 11.3. The zero-order valence-corrected chi connectivity index (χ0v) is 9.66. The third-order valence-corrected chi connectivity index (χ3v) is 2.36. The van der Waals surface area contributed by atoms with Crippen LogP contribution in [0, 0.1) is 6.92 Å². The van der Waals surface area contributed by atoms with Crippen LogP contribution in [0.3, 0.4) is 0 Å². The zero-order valence-electron chi connectivity index (χ0n) is 9.66. The molecule has 0 atom stereocenters. The Morgan fingerprint density at radius 2 is 1.56 bits per heavy atom. The van der Waals surface area contributed by atoms with E-state index in [0.717, 1.165) is 12.1 Å². The second kappa shape index (κ2) is 4.72. The number of benzene rings is 2. The summed E-state index contributed by atoms with van der Waals surface area (Å²) in [6, 6.07) is 12.4. The molecule has 0 aliphatic heterocycles. The lowest BCUT2D eigenvalue weighted by molar-refractivity contribution is -0.137. The van der Waals surface area contributed by atoms with E-state index in [2.05, 4.69) is 0 Å². The summed E-state index contributed by atoms with van der Waals surface area (Å²) in [5.74, 6) is 0.699. The summed E-state index contributed by atoms with van der Waals surface area (Å²) < 4.78 is 43.3. The summed E-state index contributed by atoms with van der Waals surface area (Å²) in [6.45, 7) is 1.60. The molecule has 0 bridgehead atoms. The van der Waals surface area contributed by atoms with Crippen molar-refractivity contribution in [1.29, 1.82) is 0 Å². The van der Waals surface area contributed by atoms with Crippen LogP contribution in [-0.2, 0) is 6.18 Å². The van der Waals surface area contributed by atoms with Crippen LogP contribution in [0.1, 0.15) is 11.1 Å². The Labute approximate surface area is 103 Å². The Bertz CT molecular complexity index is 532. The summed E-state index contributed by atoms with van der Waals surface area (Å²) in [4.78, 5) is 0. The lowest BCUT2D eigenvalue weighted by Crippen LogP contribution is -2.05. The highest BCUT2D eigenvalue weighted by atomic mass is 19.4. The maximum atomic E-state index is 12.6. The second-order valence-corrected chi connectivity index (χ2v) is 3.95. The fourth-order valence-corrected chi connectivity index (χ4v) is 1.60. The minimum atomic E-state index is -4.36. The number of hydrogen-bond donors (Lipinski definition) is 0. The number of para-hydroxylation sites is 1. The molecule has 1 nitrogen and oxygen atoms in total. The van der Waals surface area contributed by atoms with E-state index >= 15 is 0 Å². The predicted octanol–water partition coefficient (Wildman–Crippen LogP) is 4.81. The van der Waals surface area contributed by atoms with Crippen LogP contribution in [0.15, 0.2) is 48.5 Å². The van der Waals surface area contributed by atoms with Gasteiger partial charge in [0, 0.05) is 0 Å². The third kappa shape index (κ3) is 3.03. The van der Waals surface area contributed by atoms with Gasteiger partial charge in [0.2, 0.25) is 0 Å². The molecule has 0 unspecified atom stereocenters. The van der Waals surface area contributed by atoms with Gasteiger partial charge in [-0.1, -0.05) is 18.2 Å². The molecule has 0 spiro atoms. The molecule has 0 heterocycles. The summed E-state index contributed by atoms with van der Waals surface area (Å²) in [6.07, 6.45) is -4.36. The van der Waals surface area contributed by atoms with Gasteiger partial charge in [0.15, 0.2) is 0 Å². The van der Waals surface area contributed by atoms with E-state index in [0.29, 0.717) is 11.3 Å². The van der Waals surface area contributed by atoms with E-state index in [1.165, 1.54) is 0 Å². The zero-order chi connectivity index (χ0) is 13.2. The molecule has 0 aliphatic carbocycles. The van der Waals surface area contributed by atoms with Crippen molar-refractivity contribution < 1.29 is 17.9 Å². The van der Waals surface area contributed by atoms with Crippen LogP contribution in [0.4, 0.5) is 13.2 Å². The lowest BCUT2D eigenvalue weighted by atomic mass is 10.1. The Hall–Kier alpha value is -1.97. The Balaban J connectivity index is 2.32. The quantitative estimate of drug-likeness (QED) is 0.745. The Kier molecular flexibility index (Phi) is 3.28. The summed E-state index contributed by atoms with van der Waals surface area (Å²) in [7, 11) is 0. The van der Waals surface area contributed by atoms with Crippen LogP contribution in [0.5, 0.6) is 11.5 Å². The topological polar surface area (TPSA) is 9.23 Å². The van der Waals surface area contributed by atoms with E-state index in [4.69, 9.17) is 4.74 Å². The summed E-state index contributed by atoms with van der Waals surface area (Å²) in [5.41, 5.74) is -0.191.